The van der Waals surface area contributed by atoms with Crippen molar-refractivity contribution in [3.63, 3.8) is 0 Å². The minimum absolute atomic E-state index is 0.255. The molecule has 0 unspecified atom stereocenters. The molecule has 0 aromatic carbocycles. The number of hydrogen-bond acceptors (Lipinski definition) is 5. The molecule has 0 saturated carbocycles. The van der Waals surface area contributed by atoms with Crippen molar-refractivity contribution >= 4 is 39.0 Å². The lowest BCUT2D eigenvalue weighted by molar-refractivity contribution is 0.103. The van der Waals surface area contributed by atoms with Crippen LogP contribution in [0.15, 0.2) is 36.5 Å². The van der Waals surface area contributed by atoms with Gasteiger partial charge in [0, 0.05) is 17.3 Å². The third kappa shape index (κ3) is 3.32. The summed E-state index contributed by atoms with van der Waals surface area (Å²) in [5.41, 5.74) is 7.63. The van der Waals surface area contributed by atoms with E-state index < -0.39 is 0 Å². The maximum Gasteiger partial charge on any atom is 0.269 e. The second kappa shape index (κ2) is 6.34. The second-order valence-corrected chi connectivity index (χ2v) is 6.77. The smallest absolute Gasteiger partial charge is 0.269 e. The van der Waals surface area contributed by atoms with Crippen LogP contribution in [0.3, 0.4) is 0 Å². The molecule has 0 aliphatic rings. The van der Waals surface area contributed by atoms with Crippen molar-refractivity contribution in [2.45, 2.75) is 20.3 Å². The normalized spacial score (nSPS) is 11.1. The van der Waals surface area contributed by atoms with Crippen molar-refractivity contribution < 1.29 is 4.79 Å². The molecule has 0 bridgehead atoms. The number of carbonyl (C=O) groups is 1. The van der Waals surface area contributed by atoms with E-state index in [0.29, 0.717) is 22.3 Å². The monoisotopic (exact) mass is 326 g/mol. The number of rotatable bonds is 4. The van der Waals surface area contributed by atoms with E-state index >= 15 is 0 Å². The molecule has 118 valence electrons. The molecule has 6 heteroatoms. The Kier molecular flexibility index (Phi) is 4.25. The van der Waals surface area contributed by atoms with Crippen LogP contribution in [0.2, 0.25) is 0 Å². The van der Waals surface area contributed by atoms with E-state index in [4.69, 9.17) is 5.73 Å². The fourth-order valence-electron chi connectivity index (χ4n) is 2.35. The Morgan fingerprint density at radius 3 is 2.83 bits per heavy atom. The lowest BCUT2D eigenvalue weighted by Gasteiger charge is -2.03. The van der Waals surface area contributed by atoms with Gasteiger partial charge in [-0.25, -0.2) is 9.97 Å². The Morgan fingerprint density at radius 2 is 2.13 bits per heavy atom. The number of pyridine rings is 2. The van der Waals surface area contributed by atoms with Gasteiger partial charge in [-0.3, -0.25) is 4.79 Å². The predicted octanol–water partition coefficient (Wildman–Crippen LogP) is 3.72. The molecule has 23 heavy (non-hydrogen) atoms. The van der Waals surface area contributed by atoms with E-state index in [-0.39, 0.29) is 5.91 Å². The molecule has 5 nitrogen and oxygen atoms in total. The molecule has 0 radical (unpaired) electrons. The average Bonchev–Trinajstić information content (AvgIpc) is 2.84. The Hall–Kier alpha value is -2.47. The third-order valence-electron chi connectivity index (χ3n) is 3.38. The maximum atomic E-state index is 12.4. The minimum Gasteiger partial charge on any atom is -0.397 e. The summed E-state index contributed by atoms with van der Waals surface area (Å²) < 4.78 is 0. The summed E-state index contributed by atoms with van der Waals surface area (Å²) in [6, 6.07) is 9.27. The first-order valence-electron chi connectivity index (χ1n) is 7.45. The van der Waals surface area contributed by atoms with Crippen LogP contribution in [0.1, 0.15) is 29.2 Å². The SMILES string of the molecule is CC(C)Cc1ccc2c(N)c(C(=O)Nc3ccccn3)sc2n1. The number of nitrogen functional groups attached to an aromatic ring is 1. The molecule has 3 aromatic heterocycles. The van der Waals surface area contributed by atoms with E-state index in [9.17, 15) is 4.79 Å². The van der Waals surface area contributed by atoms with E-state index in [2.05, 4.69) is 29.1 Å². The number of amides is 1. The number of nitrogens with two attached hydrogens (primary N) is 1. The maximum absolute atomic E-state index is 12.4. The number of anilines is 2. The van der Waals surface area contributed by atoms with Gasteiger partial charge in [0.15, 0.2) is 0 Å². The Bertz CT molecular complexity index is 842. The zero-order valence-electron chi connectivity index (χ0n) is 13.0. The van der Waals surface area contributed by atoms with Crippen LogP contribution < -0.4 is 11.1 Å². The minimum atomic E-state index is -0.255. The zero-order chi connectivity index (χ0) is 16.4. The third-order valence-corrected chi connectivity index (χ3v) is 4.50. The summed E-state index contributed by atoms with van der Waals surface area (Å²) in [6.07, 6.45) is 2.53. The molecule has 3 aromatic rings. The van der Waals surface area contributed by atoms with E-state index in [1.54, 1.807) is 18.3 Å². The van der Waals surface area contributed by atoms with Crippen LogP contribution in [-0.2, 0) is 6.42 Å². The number of thiophene rings is 1. The van der Waals surface area contributed by atoms with Crippen molar-refractivity contribution in [2.24, 2.45) is 5.92 Å². The molecular weight excluding hydrogens is 308 g/mol. The molecule has 3 N–H and O–H groups in total. The van der Waals surface area contributed by atoms with Crippen LogP contribution in [0.25, 0.3) is 10.2 Å². The van der Waals surface area contributed by atoms with Crippen molar-refractivity contribution in [1.82, 2.24) is 9.97 Å². The molecule has 3 rings (SSSR count). The van der Waals surface area contributed by atoms with E-state index in [1.807, 2.05) is 18.2 Å². The summed E-state index contributed by atoms with van der Waals surface area (Å²) in [5.74, 6) is 0.779. The highest BCUT2D eigenvalue weighted by Gasteiger charge is 2.18. The second-order valence-electron chi connectivity index (χ2n) is 5.77. The molecule has 0 spiro atoms. The van der Waals surface area contributed by atoms with Crippen LogP contribution in [-0.4, -0.2) is 15.9 Å². The van der Waals surface area contributed by atoms with Crippen LogP contribution in [0, 0.1) is 5.92 Å². The van der Waals surface area contributed by atoms with Gasteiger partial charge in [0.25, 0.3) is 5.91 Å². The molecule has 0 aliphatic carbocycles. The van der Waals surface area contributed by atoms with Crippen molar-refractivity contribution in [1.29, 1.82) is 0 Å². The first kappa shape index (κ1) is 15.4. The van der Waals surface area contributed by atoms with Crippen LogP contribution >= 0.6 is 11.3 Å². The van der Waals surface area contributed by atoms with Crippen molar-refractivity contribution in [3.8, 4) is 0 Å². The van der Waals surface area contributed by atoms with Gasteiger partial charge in [0.1, 0.15) is 15.5 Å². The van der Waals surface area contributed by atoms with E-state index in [1.165, 1.54) is 11.3 Å². The predicted molar refractivity (Wildman–Crippen MR) is 94.8 cm³/mol. The van der Waals surface area contributed by atoms with Gasteiger partial charge in [-0.1, -0.05) is 19.9 Å². The topological polar surface area (TPSA) is 80.9 Å². The zero-order valence-corrected chi connectivity index (χ0v) is 13.9. The summed E-state index contributed by atoms with van der Waals surface area (Å²) in [5, 5.41) is 3.59. The standard InChI is InChI=1S/C17H18N4OS/c1-10(2)9-11-6-7-12-14(18)15(23-17(12)20-11)16(22)21-13-5-3-4-8-19-13/h3-8,10H,9,18H2,1-2H3,(H,19,21,22). The summed E-state index contributed by atoms with van der Waals surface area (Å²) in [7, 11) is 0. The fourth-order valence-corrected chi connectivity index (χ4v) is 3.35. The average molecular weight is 326 g/mol. The van der Waals surface area contributed by atoms with Gasteiger partial charge in [0.2, 0.25) is 0 Å². The van der Waals surface area contributed by atoms with Crippen molar-refractivity contribution in [2.75, 3.05) is 11.1 Å². The molecular formula is C17H18N4OS. The highest BCUT2D eigenvalue weighted by molar-refractivity contribution is 7.21. The number of carbonyl (C=O) groups excluding carboxylic acids is 1. The first-order valence-corrected chi connectivity index (χ1v) is 8.26. The van der Waals surface area contributed by atoms with Crippen molar-refractivity contribution in [3.05, 3.63) is 47.1 Å². The highest BCUT2D eigenvalue weighted by atomic mass is 32.1. The molecule has 3 heterocycles. The van der Waals surface area contributed by atoms with Gasteiger partial charge in [-0.2, -0.15) is 0 Å². The number of fused-ring (bicyclic) bond motifs is 1. The lowest BCUT2D eigenvalue weighted by Crippen LogP contribution is -2.12. The first-order chi connectivity index (χ1) is 11.0. The summed E-state index contributed by atoms with van der Waals surface area (Å²) in [4.78, 5) is 22.4. The molecule has 0 atom stereocenters. The quantitative estimate of drug-likeness (QED) is 0.765. The van der Waals surface area contributed by atoms with E-state index in [0.717, 1.165) is 22.3 Å². The van der Waals surface area contributed by atoms with Gasteiger partial charge >= 0.3 is 0 Å². The molecule has 0 saturated heterocycles. The highest BCUT2D eigenvalue weighted by Crippen LogP contribution is 2.33. The van der Waals surface area contributed by atoms with Gasteiger partial charge < -0.3 is 11.1 Å². The Morgan fingerprint density at radius 1 is 1.30 bits per heavy atom. The Labute approximate surface area is 138 Å². The number of nitrogens with one attached hydrogen (secondary N) is 1. The lowest BCUT2D eigenvalue weighted by atomic mass is 10.1. The summed E-state index contributed by atoms with van der Waals surface area (Å²) in [6.45, 7) is 4.31. The van der Waals surface area contributed by atoms with Gasteiger partial charge in [0.05, 0.1) is 5.69 Å². The van der Waals surface area contributed by atoms with Crippen LogP contribution in [0.5, 0.6) is 0 Å². The Balaban J connectivity index is 1.91. The van der Waals surface area contributed by atoms with Crippen LogP contribution in [0.4, 0.5) is 11.5 Å². The largest absolute Gasteiger partial charge is 0.397 e. The fraction of sp³-hybridized carbons (Fsp3) is 0.235. The number of aromatic nitrogens is 2. The van der Waals surface area contributed by atoms with Gasteiger partial charge in [-0.05, 0) is 36.6 Å². The molecule has 1 amide bonds. The molecule has 0 aliphatic heterocycles. The summed E-state index contributed by atoms with van der Waals surface area (Å²) >= 11 is 1.32. The molecule has 0 fully saturated rings. The number of hydrogen-bond donors (Lipinski definition) is 2. The van der Waals surface area contributed by atoms with Gasteiger partial charge in [-0.15, -0.1) is 11.3 Å². The number of nitrogens with zero attached hydrogens (tertiary/aromatic N) is 2.